The average molecular weight is 417 g/mol. The van der Waals surface area contributed by atoms with Crippen molar-refractivity contribution < 1.29 is 19.4 Å². The first kappa shape index (κ1) is 21.6. The Bertz CT molecular complexity index is 1110. The lowest BCUT2D eigenvalue weighted by Gasteiger charge is -2.10. The molecule has 31 heavy (non-hydrogen) atoms. The monoisotopic (exact) mass is 417 g/mol. The lowest BCUT2D eigenvalue weighted by molar-refractivity contribution is -0.139. The molecule has 2 aromatic carbocycles. The van der Waals surface area contributed by atoms with Gasteiger partial charge in [0.15, 0.2) is 6.61 Å². The number of benzene rings is 2. The van der Waals surface area contributed by atoms with Gasteiger partial charge in [0.1, 0.15) is 5.75 Å². The van der Waals surface area contributed by atoms with Crippen LogP contribution in [0.4, 0.5) is 5.69 Å². The van der Waals surface area contributed by atoms with Crippen LogP contribution in [0.1, 0.15) is 28.7 Å². The number of carboxylic acid groups (broad SMARTS) is 1. The summed E-state index contributed by atoms with van der Waals surface area (Å²) >= 11 is 0. The van der Waals surface area contributed by atoms with Crippen LogP contribution in [0.15, 0.2) is 73.6 Å². The van der Waals surface area contributed by atoms with Crippen molar-refractivity contribution in [2.45, 2.75) is 13.3 Å². The summed E-state index contributed by atoms with van der Waals surface area (Å²) in [5.74, 6) is -1.08. The first-order valence-electron chi connectivity index (χ1n) is 9.73. The van der Waals surface area contributed by atoms with Crippen molar-refractivity contribution in [1.29, 1.82) is 0 Å². The highest BCUT2D eigenvalue weighted by Gasteiger charge is 2.11. The van der Waals surface area contributed by atoms with Gasteiger partial charge in [0, 0.05) is 16.9 Å². The maximum atomic E-state index is 12.6. The van der Waals surface area contributed by atoms with E-state index in [1.54, 1.807) is 30.6 Å². The van der Waals surface area contributed by atoms with Gasteiger partial charge in [0.25, 0.3) is 5.91 Å². The number of aliphatic carboxylic acids is 1. The molecule has 1 heterocycles. The van der Waals surface area contributed by atoms with E-state index in [9.17, 15) is 9.59 Å². The Labute approximate surface area is 180 Å². The number of aryl methyl sites for hydroxylation is 1. The molecule has 0 radical (unpaired) electrons. The molecule has 0 atom stereocenters. The Morgan fingerprint density at radius 2 is 2.00 bits per heavy atom. The highest BCUT2D eigenvalue weighted by atomic mass is 16.5. The second-order valence-electron chi connectivity index (χ2n) is 6.61. The fourth-order valence-electron chi connectivity index (χ4n) is 2.99. The molecule has 2 N–H and O–H groups in total. The Morgan fingerprint density at radius 1 is 1.23 bits per heavy atom. The largest absolute Gasteiger partial charge is 0.482 e. The van der Waals surface area contributed by atoms with Gasteiger partial charge < -0.3 is 15.2 Å². The molecule has 0 fully saturated rings. The SMILES string of the molecule is C=C/C=C\c1c(CC)ncn1-c1ccc(NC(=O)c2cccc(OCC(=O)O)c2)cc1. The van der Waals surface area contributed by atoms with Crippen LogP contribution in [-0.2, 0) is 11.2 Å². The molecule has 1 amide bonds. The van der Waals surface area contributed by atoms with E-state index < -0.39 is 12.6 Å². The summed E-state index contributed by atoms with van der Waals surface area (Å²) in [7, 11) is 0. The van der Waals surface area contributed by atoms with E-state index in [1.165, 1.54) is 6.07 Å². The molecule has 1 aromatic heterocycles. The molecule has 0 bridgehead atoms. The van der Waals surface area contributed by atoms with Gasteiger partial charge >= 0.3 is 5.97 Å². The molecular formula is C24H23N3O4. The van der Waals surface area contributed by atoms with Crippen LogP contribution in [0.25, 0.3) is 11.8 Å². The van der Waals surface area contributed by atoms with Crippen molar-refractivity contribution in [2.75, 3.05) is 11.9 Å². The summed E-state index contributed by atoms with van der Waals surface area (Å²) in [4.78, 5) is 27.7. The number of imidazole rings is 1. The third-order valence-corrected chi connectivity index (χ3v) is 4.47. The van der Waals surface area contributed by atoms with E-state index in [2.05, 4.69) is 23.8 Å². The number of carbonyl (C=O) groups excluding carboxylic acids is 1. The number of amides is 1. The summed E-state index contributed by atoms with van der Waals surface area (Å²) in [6, 6.07) is 13.8. The second kappa shape index (κ2) is 10.1. The Morgan fingerprint density at radius 3 is 2.68 bits per heavy atom. The van der Waals surface area contributed by atoms with Crippen molar-refractivity contribution >= 4 is 23.6 Å². The standard InChI is InChI=1S/C24H23N3O4/c1-3-5-9-22-21(4-2)25-16-27(22)19-12-10-18(11-13-19)26-24(30)17-7-6-8-20(14-17)31-15-23(28)29/h3,5-14,16H,1,4,15H2,2H3,(H,26,30)(H,28,29)/b9-5-. The van der Waals surface area contributed by atoms with Crippen molar-refractivity contribution in [3.8, 4) is 11.4 Å². The fraction of sp³-hybridized carbons (Fsp3) is 0.125. The number of allylic oxidation sites excluding steroid dienone is 2. The minimum absolute atomic E-state index is 0.317. The van der Waals surface area contributed by atoms with E-state index in [4.69, 9.17) is 9.84 Å². The van der Waals surface area contributed by atoms with Crippen LogP contribution in [0.2, 0.25) is 0 Å². The van der Waals surface area contributed by atoms with Crippen molar-refractivity contribution in [2.24, 2.45) is 0 Å². The minimum Gasteiger partial charge on any atom is -0.482 e. The van der Waals surface area contributed by atoms with Gasteiger partial charge in [-0.3, -0.25) is 9.36 Å². The number of ether oxygens (including phenoxy) is 1. The van der Waals surface area contributed by atoms with Gasteiger partial charge in [-0.2, -0.15) is 0 Å². The summed E-state index contributed by atoms with van der Waals surface area (Å²) < 4.78 is 7.10. The molecule has 7 heteroatoms. The smallest absolute Gasteiger partial charge is 0.341 e. The maximum absolute atomic E-state index is 12.6. The molecule has 0 aliphatic rings. The van der Waals surface area contributed by atoms with Crippen LogP contribution >= 0.6 is 0 Å². The first-order valence-corrected chi connectivity index (χ1v) is 9.73. The average Bonchev–Trinajstić information content (AvgIpc) is 3.19. The van der Waals surface area contributed by atoms with Crippen LogP contribution < -0.4 is 10.1 Å². The number of carbonyl (C=O) groups is 2. The topological polar surface area (TPSA) is 93.5 Å². The van der Waals surface area contributed by atoms with Crippen molar-refractivity contribution in [1.82, 2.24) is 9.55 Å². The maximum Gasteiger partial charge on any atom is 0.341 e. The normalized spacial score (nSPS) is 10.7. The van der Waals surface area contributed by atoms with Crippen LogP contribution in [0, 0.1) is 0 Å². The van der Waals surface area contributed by atoms with Crippen LogP contribution in [0.5, 0.6) is 5.75 Å². The van der Waals surface area contributed by atoms with E-state index in [-0.39, 0.29) is 5.91 Å². The number of nitrogens with zero attached hydrogens (tertiary/aromatic N) is 2. The second-order valence-corrected chi connectivity index (χ2v) is 6.61. The zero-order chi connectivity index (χ0) is 22.2. The highest BCUT2D eigenvalue weighted by molar-refractivity contribution is 6.04. The Hall–Kier alpha value is -4.13. The van der Waals surface area contributed by atoms with Gasteiger partial charge in [0.05, 0.1) is 17.7 Å². The Balaban J connectivity index is 1.74. The summed E-state index contributed by atoms with van der Waals surface area (Å²) in [5.41, 5.74) is 3.88. The van der Waals surface area contributed by atoms with E-state index >= 15 is 0 Å². The molecular weight excluding hydrogens is 394 g/mol. The minimum atomic E-state index is -1.08. The highest BCUT2D eigenvalue weighted by Crippen LogP contribution is 2.20. The van der Waals surface area contributed by atoms with E-state index in [0.29, 0.717) is 17.0 Å². The predicted molar refractivity (Wildman–Crippen MR) is 120 cm³/mol. The predicted octanol–water partition coefficient (Wildman–Crippen LogP) is 4.35. The van der Waals surface area contributed by atoms with E-state index in [0.717, 1.165) is 23.5 Å². The van der Waals surface area contributed by atoms with E-state index in [1.807, 2.05) is 41.0 Å². The fourth-order valence-corrected chi connectivity index (χ4v) is 2.99. The third kappa shape index (κ3) is 5.48. The summed E-state index contributed by atoms with van der Waals surface area (Å²) in [6.07, 6.45) is 8.14. The summed E-state index contributed by atoms with van der Waals surface area (Å²) in [5, 5.41) is 11.5. The molecule has 0 saturated heterocycles. The summed E-state index contributed by atoms with van der Waals surface area (Å²) in [6.45, 7) is 5.30. The first-order chi connectivity index (χ1) is 15.0. The van der Waals surface area contributed by atoms with Crippen molar-refractivity contribution in [3.05, 3.63) is 90.5 Å². The number of hydrogen-bond acceptors (Lipinski definition) is 4. The zero-order valence-electron chi connectivity index (χ0n) is 17.1. The van der Waals surface area contributed by atoms with Gasteiger partial charge in [-0.05, 0) is 55.0 Å². The molecule has 0 aliphatic heterocycles. The number of anilines is 1. The number of rotatable bonds is 9. The lowest BCUT2D eigenvalue weighted by Crippen LogP contribution is -2.13. The molecule has 3 aromatic rings. The molecule has 0 unspecified atom stereocenters. The number of carboxylic acids is 1. The third-order valence-electron chi connectivity index (χ3n) is 4.47. The molecule has 7 nitrogen and oxygen atoms in total. The molecule has 0 saturated carbocycles. The van der Waals surface area contributed by atoms with Gasteiger partial charge in [0.2, 0.25) is 0 Å². The molecule has 0 aliphatic carbocycles. The zero-order valence-corrected chi connectivity index (χ0v) is 17.1. The quantitative estimate of drug-likeness (QED) is 0.505. The number of hydrogen-bond donors (Lipinski definition) is 2. The molecule has 158 valence electrons. The van der Waals surface area contributed by atoms with Gasteiger partial charge in [-0.25, -0.2) is 9.78 Å². The van der Waals surface area contributed by atoms with Gasteiger partial charge in [-0.15, -0.1) is 0 Å². The lowest BCUT2D eigenvalue weighted by atomic mass is 10.2. The number of nitrogens with one attached hydrogen (secondary N) is 1. The van der Waals surface area contributed by atoms with Crippen LogP contribution in [-0.4, -0.2) is 33.1 Å². The van der Waals surface area contributed by atoms with Gasteiger partial charge in [-0.1, -0.05) is 31.7 Å². The number of aromatic nitrogens is 2. The molecule has 3 rings (SSSR count). The van der Waals surface area contributed by atoms with Crippen molar-refractivity contribution in [3.63, 3.8) is 0 Å². The van der Waals surface area contributed by atoms with Crippen LogP contribution in [0.3, 0.4) is 0 Å². The Kier molecular flexibility index (Phi) is 7.01. The molecule has 0 spiro atoms.